The summed E-state index contributed by atoms with van der Waals surface area (Å²) < 4.78 is 36.6. The second-order valence-corrected chi connectivity index (χ2v) is 5.53. The summed E-state index contributed by atoms with van der Waals surface area (Å²) >= 11 is -0.205. The van der Waals surface area contributed by atoms with Crippen molar-refractivity contribution >= 4 is 23.4 Å². The molecule has 0 saturated heterocycles. The van der Waals surface area contributed by atoms with Gasteiger partial charge in [-0.1, -0.05) is 17.7 Å². The van der Waals surface area contributed by atoms with Gasteiger partial charge in [-0.25, -0.2) is 0 Å². The highest BCUT2D eigenvalue weighted by molar-refractivity contribution is 8.00. The highest BCUT2D eigenvalue weighted by atomic mass is 32.2. The molecule has 0 aliphatic carbocycles. The van der Waals surface area contributed by atoms with E-state index in [4.69, 9.17) is 0 Å². The van der Waals surface area contributed by atoms with Gasteiger partial charge in [0.15, 0.2) is 0 Å². The number of halogens is 3. The van der Waals surface area contributed by atoms with Crippen LogP contribution in [-0.4, -0.2) is 11.4 Å². The van der Waals surface area contributed by atoms with Crippen LogP contribution in [0.4, 0.5) is 18.9 Å². The predicted octanol–water partition coefficient (Wildman–Crippen LogP) is 4.86. The lowest BCUT2D eigenvalue weighted by Gasteiger charge is -2.08. The Kier molecular flexibility index (Phi) is 4.57. The van der Waals surface area contributed by atoms with Crippen LogP contribution in [0.1, 0.15) is 15.9 Å². The van der Waals surface area contributed by atoms with Gasteiger partial charge in [0.1, 0.15) is 0 Å². The zero-order valence-electron chi connectivity index (χ0n) is 11.1. The molecule has 0 atom stereocenters. The van der Waals surface area contributed by atoms with Crippen molar-refractivity contribution in [1.82, 2.24) is 0 Å². The molecule has 110 valence electrons. The Labute approximate surface area is 124 Å². The molecule has 0 unspecified atom stereocenters. The minimum Gasteiger partial charge on any atom is -0.322 e. The fourth-order valence-electron chi connectivity index (χ4n) is 1.65. The topological polar surface area (TPSA) is 29.1 Å². The van der Waals surface area contributed by atoms with Gasteiger partial charge in [0.05, 0.1) is 0 Å². The maximum absolute atomic E-state index is 12.2. The van der Waals surface area contributed by atoms with Crippen molar-refractivity contribution in [3.05, 3.63) is 59.7 Å². The largest absolute Gasteiger partial charge is 0.446 e. The lowest BCUT2D eigenvalue weighted by Crippen LogP contribution is -2.11. The number of carbonyl (C=O) groups is 1. The Hall–Kier alpha value is -1.95. The lowest BCUT2D eigenvalue weighted by atomic mass is 10.2. The van der Waals surface area contributed by atoms with Gasteiger partial charge in [0.2, 0.25) is 0 Å². The molecule has 0 aromatic heterocycles. The third kappa shape index (κ3) is 4.82. The Morgan fingerprint density at radius 3 is 2.10 bits per heavy atom. The van der Waals surface area contributed by atoms with E-state index in [0.29, 0.717) is 11.3 Å². The summed E-state index contributed by atoms with van der Waals surface area (Å²) in [6.45, 7) is 1.93. The van der Waals surface area contributed by atoms with E-state index >= 15 is 0 Å². The van der Waals surface area contributed by atoms with E-state index in [1.165, 1.54) is 24.3 Å². The van der Waals surface area contributed by atoms with E-state index in [1.807, 2.05) is 19.1 Å². The molecule has 1 N–H and O–H groups in total. The number of alkyl halides is 3. The minimum absolute atomic E-state index is 0.0504. The average molecular weight is 311 g/mol. The van der Waals surface area contributed by atoms with Gasteiger partial charge in [0.25, 0.3) is 5.91 Å². The van der Waals surface area contributed by atoms with Crippen molar-refractivity contribution in [3.63, 3.8) is 0 Å². The normalized spacial score (nSPS) is 11.2. The van der Waals surface area contributed by atoms with Gasteiger partial charge in [-0.05, 0) is 55.1 Å². The van der Waals surface area contributed by atoms with Crippen molar-refractivity contribution in [2.75, 3.05) is 5.32 Å². The first kappa shape index (κ1) is 15.4. The first-order valence-electron chi connectivity index (χ1n) is 6.07. The number of rotatable bonds is 3. The molecule has 0 heterocycles. The Bertz CT molecular complexity index is 621. The van der Waals surface area contributed by atoms with Crippen LogP contribution in [0.25, 0.3) is 0 Å². The van der Waals surface area contributed by atoms with Gasteiger partial charge in [-0.3, -0.25) is 4.79 Å². The monoisotopic (exact) mass is 311 g/mol. The molecule has 2 nitrogen and oxygen atoms in total. The summed E-state index contributed by atoms with van der Waals surface area (Å²) in [7, 11) is 0. The number of carbonyl (C=O) groups excluding carboxylic acids is 1. The number of nitrogens with one attached hydrogen (secondary N) is 1. The quantitative estimate of drug-likeness (QED) is 0.820. The second-order valence-electron chi connectivity index (χ2n) is 4.39. The maximum Gasteiger partial charge on any atom is 0.446 e. The van der Waals surface area contributed by atoms with Gasteiger partial charge in [-0.2, -0.15) is 13.2 Å². The lowest BCUT2D eigenvalue weighted by molar-refractivity contribution is -0.0328. The van der Waals surface area contributed by atoms with Crippen molar-refractivity contribution in [3.8, 4) is 0 Å². The Morgan fingerprint density at radius 2 is 1.57 bits per heavy atom. The summed E-state index contributed by atoms with van der Waals surface area (Å²) in [6, 6.07) is 12.6. The van der Waals surface area contributed by atoms with E-state index in [0.717, 1.165) is 5.56 Å². The molecule has 0 radical (unpaired) electrons. The Morgan fingerprint density at radius 1 is 1.00 bits per heavy atom. The second kappa shape index (κ2) is 6.22. The third-order valence-electron chi connectivity index (χ3n) is 2.66. The van der Waals surface area contributed by atoms with E-state index in [1.54, 1.807) is 12.1 Å². The van der Waals surface area contributed by atoms with Crippen LogP contribution in [0.3, 0.4) is 0 Å². The summed E-state index contributed by atoms with van der Waals surface area (Å²) in [5.41, 5.74) is -2.31. The number of aryl methyl sites for hydroxylation is 1. The number of benzene rings is 2. The molecule has 6 heteroatoms. The molecule has 2 aromatic rings. The number of thioether (sulfide) groups is 1. The zero-order valence-corrected chi connectivity index (χ0v) is 11.9. The third-order valence-corrected chi connectivity index (χ3v) is 3.40. The molecule has 0 fully saturated rings. The molecule has 0 aliphatic rings. The van der Waals surface area contributed by atoms with Crippen molar-refractivity contribution in [1.29, 1.82) is 0 Å². The highest BCUT2D eigenvalue weighted by Crippen LogP contribution is 2.36. The van der Waals surface area contributed by atoms with Crippen LogP contribution in [0.2, 0.25) is 0 Å². The van der Waals surface area contributed by atoms with Crippen molar-refractivity contribution in [2.24, 2.45) is 0 Å². The molecule has 0 saturated carbocycles. The maximum atomic E-state index is 12.2. The number of amides is 1. The molecule has 0 bridgehead atoms. The van der Waals surface area contributed by atoms with Crippen LogP contribution in [0.5, 0.6) is 0 Å². The standard InChI is InChI=1S/C15H12F3NOS/c1-10-2-6-12(7-3-10)19-14(20)11-4-8-13(9-5-11)21-15(16,17)18/h2-9H,1H3,(H,19,20). The van der Waals surface area contributed by atoms with Gasteiger partial charge in [-0.15, -0.1) is 0 Å². The first-order valence-corrected chi connectivity index (χ1v) is 6.89. The summed E-state index contributed by atoms with van der Waals surface area (Å²) in [4.78, 5) is 12.0. The average Bonchev–Trinajstić information content (AvgIpc) is 2.40. The van der Waals surface area contributed by atoms with Crippen LogP contribution in [0.15, 0.2) is 53.4 Å². The van der Waals surface area contributed by atoms with Crippen molar-refractivity contribution in [2.45, 2.75) is 17.3 Å². The van der Waals surface area contributed by atoms with Crippen LogP contribution >= 0.6 is 11.8 Å². The zero-order chi connectivity index (χ0) is 15.5. The van der Waals surface area contributed by atoms with Gasteiger partial charge >= 0.3 is 5.51 Å². The summed E-state index contributed by atoms with van der Waals surface area (Å²) in [5, 5.41) is 2.69. The fourth-order valence-corrected chi connectivity index (χ4v) is 2.19. The van der Waals surface area contributed by atoms with Crippen LogP contribution < -0.4 is 5.32 Å². The summed E-state index contributed by atoms with van der Waals surface area (Å²) in [6.07, 6.45) is 0. The first-order chi connectivity index (χ1) is 9.83. The van der Waals surface area contributed by atoms with Crippen molar-refractivity contribution < 1.29 is 18.0 Å². The van der Waals surface area contributed by atoms with E-state index in [-0.39, 0.29) is 22.6 Å². The molecule has 2 aromatic carbocycles. The molecule has 0 spiro atoms. The molecule has 21 heavy (non-hydrogen) atoms. The van der Waals surface area contributed by atoms with E-state index in [9.17, 15) is 18.0 Å². The summed E-state index contributed by atoms with van der Waals surface area (Å²) in [5.74, 6) is -0.359. The van der Waals surface area contributed by atoms with Gasteiger partial charge in [0, 0.05) is 16.1 Å². The molecule has 0 aliphatic heterocycles. The molecular formula is C15H12F3NOS. The molecular weight excluding hydrogens is 299 g/mol. The Balaban J connectivity index is 2.04. The number of hydrogen-bond donors (Lipinski definition) is 1. The number of hydrogen-bond acceptors (Lipinski definition) is 2. The fraction of sp³-hybridized carbons (Fsp3) is 0.133. The SMILES string of the molecule is Cc1ccc(NC(=O)c2ccc(SC(F)(F)F)cc2)cc1. The van der Waals surface area contributed by atoms with Crippen LogP contribution in [0, 0.1) is 6.92 Å². The predicted molar refractivity (Wildman–Crippen MR) is 77.5 cm³/mol. The molecule has 1 amide bonds. The van der Waals surface area contributed by atoms with E-state index < -0.39 is 5.51 Å². The smallest absolute Gasteiger partial charge is 0.322 e. The molecule has 2 rings (SSSR count). The highest BCUT2D eigenvalue weighted by Gasteiger charge is 2.29. The van der Waals surface area contributed by atoms with E-state index in [2.05, 4.69) is 5.32 Å². The minimum atomic E-state index is -4.33. The van der Waals surface area contributed by atoms with Crippen LogP contribution in [-0.2, 0) is 0 Å². The number of anilines is 1. The van der Waals surface area contributed by atoms with Gasteiger partial charge < -0.3 is 5.32 Å².